The summed E-state index contributed by atoms with van der Waals surface area (Å²) >= 11 is 0. The average molecular weight is 495 g/mol. The second-order valence-electron chi connectivity index (χ2n) is 8.94. The summed E-state index contributed by atoms with van der Waals surface area (Å²) in [6, 6.07) is 26.2. The van der Waals surface area contributed by atoms with Crippen molar-refractivity contribution in [1.82, 2.24) is 15.3 Å². The number of carbonyl (C=O) groups excluding carboxylic acids is 1. The molecule has 186 valence electrons. The van der Waals surface area contributed by atoms with Crippen molar-refractivity contribution in [2.75, 3.05) is 42.5 Å². The van der Waals surface area contributed by atoms with Crippen LogP contribution < -0.4 is 15.1 Å². The third-order valence-corrected chi connectivity index (χ3v) is 6.57. The van der Waals surface area contributed by atoms with Crippen molar-refractivity contribution in [1.29, 1.82) is 5.26 Å². The van der Waals surface area contributed by atoms with Crippen LogP contribution in [0.5, 0.6) is 0 Å². The topological polar surface area (TPSA) is 85.1 Å². The van der Waals surface area contributed by atoms with E-state index in [-0.39, 0.29) is 5.82 Å². The van der Waals surface area contributed by atoms with Crippen molar-refractivity contribution < 1.29 is 9.18 Å². The first-order chi connectivity index (χ1) is 18.1. The molecule has 1 unspecified atom stereocenters. The maximum atomic E-state index is 14.3. The Bertz CT molecular complexity index is 1430. The highest BCUT2D eigenvalue weighted by Crippen LogP contribution is 2.29. The minimum Gasteiger partial charge on any atom is -0.366 e. The summed E-state index contributed by atoms with van der Waals surface area (Å²) in [6.07, 6.45) is 0.666. The van der Waals surface area contributed by atoms with Gasteiger partial charge in [-0.3, -0.25) is 4.79 Å². The van der Waals surface area contributed by atoms with Crippen LogP contribution in [0, 0.1) is 17.1 Å². The Morgan fingerprint density at radius 1 is 0.892 bits per heavy atom. The highest BCUT2D eigenvalue weighted by Gasteiger charge is 2.30. The van der Waals surface area contributed by atoms with Gasteiger partial charge < -0.3 is 15.1 Å². The van der Waals surface area contributed by atoms with Crippen LogP contribution in [0.4, 0.5) is 15.9 Å². The number of fused-ring (bicyclic) bond motifs is 1. The zero-order valence-corrected chi connectivity index (χ0v) is 20.3. The minimum atomic E-state index is -1.10. The van der Waals surface area contributed by atoms with Gasteiger partial charge in [-0.2, -0.15) is 5.26 Å². The first kappa shape index (κ1) is 24.2. The molecule has 4 aromatic rings. The summed E-state index contributed by atoms with van der Waals surface area (Å²) in [6.45, 7) is 2.69. The summed E-state index contributed by atoms with van der Waals surface area (Å²) in [5.41, 5.74) is 3.34. The number of nitrogens with one attached hydrogen (secondary N) is 1. The summed E-state index contributed by atoms with van der Waals surface area (Å²) in [4.78, 5) is 26.7. The molecule has 1 amide bonds. The van der Waals surface area contributed by atoms with Crippen LogP contribution in [-0.4, -0.2) is 48.6 Å². The van der Waals surface area contributed by atoms with Gasteiger partial charge in [0.15, 0.2) is 11.7 Å². The zero-order chi connectivity index (χ0) is 25.6. The zero-order valence-electron chi connectivity index (χ0n) is 20.3. The normalized spacial score (nSPS) is 14.3. The van der Waals surface area contributed by atoms with E-state index in [0.29, 0.717) is 67.4 Å². The number of benzene rings is 3. The smallest absolute Gasteiger partial charge is 0.243 e. The van der Waals surface area contributed by atoms with E-state index in [1.807, 2.05) is 70.5 Å². The molecule has 5 rings (SSSR count). The van der Waals surface area contributed by atoms with Crippen LogP contribution in [0.2, 0.25) is 0 Å². The lowest BCUT2D eigenvalue weighted by Gasteiger charge is -2.37. The summed E-state index contributed by atoms with van der Waals surface area (Å²) in [5, 5.41) is 12.9. The first-order valence-electron chi connectivity index (χ1n) is 12.4. The number of halogens is 1. The van der Waals surface area contributed by atoms with Gasteiger partial charge in [0.2, 0.25) is 5.91 Å². The molecule has 0 bridgehead atoms. The molecule has 0 saturated carbocycles. The molecule has 1 aliphatic rings. The Morgan fingerprint density at radius 3 is 2.22 bits per heavy atom. The predicted molar refractivity (Wildman–Crippen MR) is 142 cm³/mol. The molecule has 37 heavy (non-hydrogen) atoms. The van der Waals surface area contributed by atoms with Gasteiger partial charge in [0, 0.05) is 32.7 Å². The third kappa shape index (κ3) is 5.36. The number of aromatic nitrogens is 2. The van der Waals surface area contributed by atoms with Gasteiger partial charge in [-0.1, -0.05) is 54.6 Å². The Morgan fingerprint density at radius 2 is 1.51 bits per heavy atom. The number of rotatable bonds is 7. The standard InChI is InChI=1S/C29H27FN6O/c30-23-10-4-7-13-26(23)35-16-18-36(19-17-35)28-27(33-24-11-5-6-12-25(24)34-28)22(20-31)29(37)32-15-14-21-8-2-1-3-9-21/h1-13,22H,14-19H2,(H,32,37). The van der Waals surface area contributed by atoms with Crippen LogP contribution in [0.3, 0.4) is 0 Å². The van der Waals surface area contributed by atoms with Crippen LogP contribution >= 0.6 is 0 Å². The van der Waals surface area contributed by atoms with Crippen LogP contribution in [0.25, 0.3) is 11.0 Å². The Kier molecular flexibility index (Phi) is 7.22. The Balaban J connectivity index is 1.38. The quantitative estimate of drug-likeness (QED) is 0.417. The minimum absolute atomic E-state index is 0.251. The second kappa shape index (κ2) is 11.0. The molecule has 1 aromatic heterocycles. The number of amides is 1. The van der Waals surface area contributed by atoms with E-state index in [4.69, 9.17) is 9.97 Å². The fourth-order valence-corrected chi connectivity index (χ4v) is 4.62. The van der Waals surface area contributed by atoms with E-state index in [9.17, 15) is 14.4 Å². The van der Waals surface area contributed by atoms with Gasteiger partial charge in [0.25, 0.3) is 0 Å². The lowest BCUT2D eigenvalue weighted by Crippen LogP contribution is -2.47. The third-order valence-electron chi connectivity index (χ3n) is 6.57. The maximum Gasteiger partial charge on any atom is 0.243 e. The van der Waals surface area contributed by atoms with E-state index in [1.54, 1.807) is 12.1 Å². The number of nitriles is 1. The fraction of sp³-hybridized carbons (Fsp3) is 0.241. The molecular weight excluding hydrogens is 467 g/mol. The highest BCUT2D eigenvalue weighted by atomic mass is 19.1. The van der Waals surface area contributed by atoms with Crippen molar-refractivity contribution in [2.24, 2.45) is 0 Å². The van der Waals surface area contributed by atoms with Gasteiger partial charge in [-0.05, 0) is 36.2 Å². The molecule has 7 nitrogen and oxygen atoms in total. The number of para-hydroxylation sites is 3. The number of carbonyl (C=O) groups is 1. The predicted octanol–water partition coefficient (Wildman–Crippen LogP) is 4.06. The Labute approximate surface area is 215 Å². The van der Waals surface area contributed by atoms with Gasteiger partial charge in [-0.25, -0.2) is 14.4 Å². The molecule has 3 aromatic carbocycles. The van der Waals surface area contributed by atoms with Gasteiger partial charge in [0.05, 0.1) is 22.8 Å². The molecule has 1 N–H and O–H groups in total. The largest absolute Gasteiger partial charge is 0.366 e. The number of piperazine rings is 1. The molecule has 1 saturated heterocycles. The van der Waals surface area contributed by atoms with Crippen LogP contribution in [0.15, 0.2) is 78.9 Å². The van der Waals surface area contributed by atoms with Crippen molar-refractivity contribution in [3.63, 3.8) is 0 Å². The number of hydrogen-bond acceptors (Lipinski definition) is 6. The van der Waals surface area contributed by atoms with E-state index in [0.717, 1.165) is 5.56 Å². The van der Waals surface area contributed by atoms with Gasteiger partial charge in [0.1, 0.15) is 11.5 Å². The second-order valence-corrected chi connectivity index (χ2v) is 8.94. The number of hydrogen-bond donors (Lipinski definition) is 1. The molecule has 0 aliphatic carbocycles. The van der Waals surface area contributed by atoms with E-state index in [2.05, 4.69) is 11.4 Å². The summed E-state index contributed by atoms with van der Waals surface area (Å²) in [7, 11) is 0. The van der Waals surface area contributed by atoms with Crippen molar-refractivity contribution in [3.05, 3.63) is 95.9 Å². The molecule has 0 radical (unpaired) electrons. The van der Waals surface area contributed by atoms with Crippen molar-refractivity contribution in [2.45, 2.75) is 12.3 Å². The van der Waals surface area contributed by atoms with Gasteiger partial charge >= 0.3 is 0 Å². The molecule has 2 heterocycles. The average Bonchev–Trinajstić information content (AvgIpc) is 2.94. The van der Waals surface area contributed by atoms with Crippen molar-refractivity contribution >= 4 is 28.4 Å². The number of nitrogens with zero attached hydrogens (tertiary/aromatic N) is 5. The molecule has 0 spiro atoms. The highest BCUT2D eigenvalue weighted by molar-refractivity contribution is 5.89. The first-order valence-corrected chi connectivity index (χ1v) is 12.4. The maximum absolute atomic E-state index is 14.3. The van der Waals surface area contributed by atoms with Crippen LogP contribution in [0.1, 0.15) is 17.2 Å². The van der Waals surface area contributed by atoms with Crippen LogP contribution in [-0.2, 0) is 11.2 Å². The molecular formula is C29H27FN6O. The SMILES string of the molecule is N#CC(C(=O)NCCc1ccccc1)c1nc2ccccc2nc1N1CCN(c2ccccc2F)CC1. The monoisotopic (exact) mass is 494 g/mol. The molecule has 1 fully saturated rings. The van der Waals surface area contributed by atoms with E-state index in [1.165, 1.54) is 6.07 Å². The van der Waals surface area contributed by atoms with E-state index >= 15 is 0 Å². The molecule has 1 atom stereocenters. The lowest BCUT2D eigenvalue weighted by molar-refractivity contribution is -0.121. The summed E-state index contributed by atoms with van der Waals surface area (Å²) < 4.78 is 14.3. The summed E-state index contributed by atoms with van der Waals surface area (Å²) in [5.74, 6) is -1.22. The molecule has 1 aliphatic heterocycles. The molecule has 8 heteroatoms. The Hall–Kier alpha value is -4.51. The van der Waals surface area contributed by atoms with Crippen molar-refractivity contribution in [3.8, 4) is 6.07 Å². The lowest BCUT2D eigenvalue weighted by atomic mass is 10.0. The van der Waals surface area contributed by atoms with E-state index < -0.39 is 11.8 Å². The fourth-order valence-electron chi connectivity index (χ4n) is 4.62. The van der Waals surface area contributed by atoms with Gasteiger partial charge in [-0.15, -0.1) is 0 Å². The number of anilines is 2.